The van der Waals surface area contributed by atoms with Gasteiger partial charge in [-0.25, -0.2) is 15.0 Å². The molecule has 7 aromatic carbocycles. The third-order valence-electron chi connectivity index (χ3n) is 9.34. The number of hydrogen-bond acceptors (Lipinski definition) is 5. The summed E-state index contributed by atoms with van der Waals surface area (Å²) < 4.78 is 9.09. The fourth-order valence-electron chi connectivity index (χ4n) is 6.90. The predicted molar refractivity (Wildman–Crippen MR) is 207 cm³/mol. The van der Waals surface area contributed by atoms with E-state index < -0.39 is 0 Å². The van der Waals surface area contributed by atoms with Crippen LogP contribution in [0.15, 0.2) is 168 Å². The van der Waals surface area contributed by atoms with Crippen molar-refractivity contribution in [1.82, 2.24) is 15.0 Å². The summed E-state index contributed by atoms with van der Waals surface area (Å²) in [6.45, 7) is 0. The number of aromatic nitrogens is 3. The predicted octanol–water partition coefficient (Wildman–Crippen LogP) is 12.5. The Balaban J connectivity index is 1.08. The first-order valence-electron chi connectivity index (χ1n) is 16.6. The summed E-state index contributed by atoms with van der Waals surface area (Å²) in [6.07, 6.45) is 0. The maximum absolute atomic E-state index is 6.53. The van der Waals surface area contributed by atoms with Crippen molar-refractivity contribution in [1.29, 1.82) is 0 Å². The van der Waals surface area contributed by atoms with Gasteiger partial charge in [0, 0.05) is 47.6 Å². The molecule has 5 heteroatoms. The molecule has 4 nitrogen and oxygen atoms in total. The lowest BCUT2D eigenvalue weighted by Crippen LogP contribution is -2.00. The van der Waals surface area contributed by atoms with E-state index in [0.29, 0.717) is 17.5 Å². The Hall–Kier alpha value is -6.43. The van der Waals surface area contributed by atoms with Crippen molar-refractivity contribution in [2.75, 3.05) is 0 Å². The second-order valence-corrected chi connectivity index (χ2v) is 13.5. The summed E-state index contributed by atoms with van der Waals surface area (Å²) in [5.41, 5.74) is 9.18. The number of fused-ring (bicyclic) bond motifs is 6. The number of nitrogens with zero attached hydrogens (tertiary/aromatic N) is 3. The molecule has 0 spiro atoms. The molecule has 0 aliphatic carbocycles. The standard InChI is InChI=1S/C45H27N3OS/c1-4-11-28(12-5-1)31-21-24-40-37(25-31)35-22-19-32(27-41(35)50-40)34-17-10-18-38-42(34)36-23-20-33(26-39(36)49-38)45-47-43(29-13-6-2-7-14-29)46-44(48-45)30-15-8-3-9-16-30/h1-27H. The zero-order chi connectivity index (χ0) is 33.0. The zero-order valence-corrected chi connectivity index (χ0v) is 27.6. The fourth-order valence-corrected chi connectivity index (χ4v) is 8.02. The number of thiophene rings is 1. The first-order chi connectivity index (χ1) is 24.7. The molecule has 0 bridgehead atoms. The van der Waals surface area contributed by atoms with E-state index in [1.54, 1.807) is 0 Å². The molecular weight excluding hydrogens is 631 g/mol. The van der Waals surface area contributed by atoms with Crippen LogP contribution in [0.4, 0.5) is 0 Å². The molecule has 0 atom stereocenters. The van der Waals surface area contributed by atoms with Gasteiger partial charge in [-0.05, 0) is 58.7 Å². The molecule has 3 aromatic heterocycles. The minimum atomic E-state index is 0.603. The van der Waals surface area contributed by atoms with Crippen LogP contribution in [0.5, 0.6) is 0 Å². The monoisotopic (exact) mass is 657 g/mol. The van der Waals surface area contributed by atoms with Crippen molar-refractivity contribution < 1.29 is 4.42 Å². The second kappa shape index (κ2) is 11.6. The highest BCUT2D eigenvalue weighted by Gasteiger charge is 2.17. The van der Waals surface area contributed by atoms with E-state index in [9.17, 15) is 0 Å². The van der Waals surface area contributed by atoms with Gasteiger partial charge in [0.1, 0.15) is 11.2 Å². The van der Waals surface area contributed by atoms with E-state index >= 15 is 0 Å². The molecule has 0 saturated carbocycles. The molecule has 0 amide bonds. The average Bonchev–Trinajstić information content (AvgIpc) is 3.76. The van der Waals surface area contributed by atoms with Crippen LogP contribution in [0.3, 0.4) is 0 Å². The lowest BCUT2D eigenvalue weighted by Gasteiger charge is -2.08. The molecule has 50 heavy (non-hydrogen) atoms. The zero-order valence-electron chi connectivity index (χ0n) is 26.7. The molecule has 0 fully saturated rings. The number of furan rings is 1. The normalized spacial score (nSPS) is 11.6. The highest BCUT2D eigenvalue weighted by Crippen LogP contribution is 2.42. The van der Waals surface area contributed by atoms with Crippen molar-refractivity contribution in [3.63, 3.8) is 0 Å². The summed E-state index contributed by atoms with van der Waals surface area (Å²) >= 11 is 1.84. The molecule has 0 N–H and O–H groups in total. The summed E-state index contributed by atoms with van der Waals surface area (Å²) in [6, 6.07) is 56.9. The minimum absolute atomic E-state index is 0.603. The number of rotatable bonds is 5. The van der Waals surface area contributed by atoms with Crippen molar-refractivity contribution in [2.24, 2.45) is 0 Å². The highest BCUT2D eigenvalue weighted by molar-refractivity contribution is 7.25. The molecule has 0 radical (unpaired) electrons. The Kier molecular flexibility index (Phi) is 6.64. The van der Waals surface area contributed by atoms with Gasteiger partial charge in [0.05, 0.1) is 0 Å². The van der Waals surface area contributed by atoms with E-state index in [0.717, 1.165) is 44.2 Å². The molecule has 0 aliphatic heterocycles. The Morgan fingerprint density at radius 3 is 1.66 bits per heavy atom. The second-order valence-electron chi connectivity index (χ2n) is 12.4. The van der Waals surface area contributed by atoms with Crippen molar-refractivity contribution >= 4 is 53.4 Å². The molecule has 3 heterocycles. The van der Waals surface area contributed by atoms with Crippen LogP contribution in [0, 0.1) is 0 Å². The van der Waals surface area contributed by atoms with Crippen LogP contribution in [0.1, 0.15) is 0 Å². The topological polar surface area (TPSA) is 51.8 Å². The van der Waals surface area contributed by atoms with Gasteiger partial charge in [-0.3, -0.25) is 0 Å². The fraction of sp³-hybridized carbons (Fsp3) is 0. The quantitative estimate of drug-likeness (QED) is 0.185. The third-order valence-corrected chi connectivity index (χ3v) is 10.5. The molecule has 0 aliphatic rings. The van der Waals surface area contributed by atoms with Gasteiger partial charge >= 0.3 is 0 Å². The number of hydrogen-bond donors (Lipinski definition) is 0. The van der Waals surface area contributed by atoms with E-state index in [4.69, 9.17) is 19.4 Å². The van der Waals surface area contributed by atoms with Crippen molar-refractivity contribution in [2.45, 2.75) is 0 Å². The SMILES string of the molecule is c1ccc(-c2ccc3sc4cc(-c5cccc6oc7cc(-c8nc(-c9ccccc9)nc(-c9ccccc9)n8)ccc7c56)ccc4c3c2)cc1. The molecule has 234 valence electrons. The van der Waals surface area contributed by atoms with E-state index in [1.165, 1.54) is 36.9 Å². The first kappa shape index (κ1) is 28.6. The molecule has 0 saturated heterocycles. The van der Waals surface area contributed by atoms with Gasteiger partial charge in [0.2, 0.25) is 0 Å². The van der Waals surface area contributed by atoms with Gasteiger partial charge in [0.25, 0.3) is 0 Å². The summed E-state index contributed by atoms with van der Waals surface area (Å²) in [4.78, 5) is 14.7. The van der Waals surface area contributed by atoms with Gasteiger partial charge in [-0.15, -0.1) is 11.3 Å². The number of benzene rings is 7. The molecule has 0 unspecified atom stereocenters. The third kappa shape index (κ3) is 4.87. The van der Waals surface area contributed by atoms with Crippen molar-refractivity contribution in [3.8, 4) is 56.4 Å². The molecule has 10 aromatic rings. The van der Waals surface area contributed by atoms with Crippen molar-refractivity contribution in [3.05, 3.63) is 164 Å². The summed E-state index contributed by atoms with van der Waals surface area (Å²) in [5, 5.41) is 4.74. The summed E-state index contributed by atoms with van der Waals surface area (Å²) in [5.74, 6) is 1.87. The van der Waals surface area contributed by atoms with E-state index in [1.807, 2.05) is 78.1 Å². The van der Waals surface area contributed by atoms with Crippen LogP contribution < -0.4 is 0 Å². The Morgan fingerprint density at radius 2 is 0.960 bits per heavy atom. The van der Waals surface area contributed by atoms with Gasteiger partial charge in [-0.1, -0.05) is 127 Å². The molecule has 10 rings (SSSR count). The summed E-state index contributed by atoms with van der Waals surface area (Å²) in [7, 11) is 0. The van der Waals surface area contributed by atoms with Crippen LogP contribution in [-0.2, 0) is 0 Å². The van der Waals surface area contributed by atoms with Crippen LogP contribution >= 0.6 is 11.3 Å². The largest absolute Gasteiger partial charge is 0.456 e. The highest BCUT2D eigenvalue weighted by atomic mass is 32.1. The molecular formula is C45H27N3OS. The lowest BCUT2D eigenvalue weighted by atomic mass is 9.97. The Morgan fingerprint density at radius 1 is 0.360 bits per heavy atom. The first-order valence-corrected chi connectivity index (χ1v) is 17.4. The van der Waals surface area contributed by atoms with Crippen LogP contribution in [0.2, 0.25) is 0 Å². The Labute approximate surface area is 292 Å². The van der Waals surface area contributed by atoms with Crippen LogP contribution in [-0.4, -0.2) is 15.0 Å². The Bertz CT molecular complexity index is 2800. The lowest BCUT2D eigenvalue weighted by molar-refractivity contribution is 0.669. The van der Waals surface area contributed by atoms with Gasteiger partial charge in [0.15, 0.2) is 17.5 Å². The van der Waals surface area contributed by atoms with Gasteiger partial charge in [-0.2, -0.15) is 0 Å². The minimum Gasteiger partial charge on any atom is -0.456 e. The van der Waals surface area contributed by atoms with Gasteiger partial charge < -0.3 is 4.42 Å². The maximum Gasteiger partial charge on any atom is 0.164 e. The van der Waals surface area contributed by atoms with E-state index in [2.05, 4.69) is 97.1 Å². The smallest absolute Gasteiger partial charge is 0.164 e. The van der Waals surface area contributed by atoms with Crippen LogP contribution in [0.25, 0.3) is 98.5 Å². The van der Waals surface area contributed by atoms with E-state index in [-0.39, 0.29) is 0 Å². The maximum atomic E-state index is 6.53. The average molecular weight is 658 g/mol.